The average molecular weight is 392 g/mol. The molecule has 0 aliphatic heterocycles. The third kappa shape index (κ3) is 4.70. The molecule has 0 bridgehead atoms. The zero-order valence-electron chi connectivity index (χ0n) is 16.9. The maximum Gasteiger partial charge on any atom is 0.328 e. The highest BCUT2D eigenvalue weighted by Crippen LogP contribution is 2.33. The molecule has 5 heteroatoms. The standard InChI is InChI=1S/C24H28N2O3/c1-5-7-16-9-12-21(24(4,26)23(28)29)20(13-16)18-10-11-19(22(27)15(3)25)17(14-18)8-6-2/h5-6,9-15H,1-2,7-8,25-26H2,3-4H3,(H,28,29). The summed E-state index contributed by atoms with van der Waals surface area (Å²) in [7, 11) is 0. The van der Waals surface area contributed by atoms with Crippen molar-refractivity contribution in [3.8, 4) is 11.1 Å². The lowest BCUT2D eigenvalue weighted by Crippen LogP contribution is -2.42. The highest BCUT2D eigenvalue weighted by molar-refractivity contribution is 6.01. The molecule has 0 heterocycles. The Morgan fingerprint density at radius 2 is 1.79 bits per heavy atom. The smallest absolute Gasteiger partial charge is 0.328 e. The minimum absolute atomic E-state index is 0.150. The van der Waals surface area contributed by atoms with Crippen LogP contribution in [0.25, 0.3) is 11.1 Å². The van der Waals surface area contributed by atoms with E-state index in [2.05, 4.69) is 13.2 Å². The van der Waals surface area contributed by atoms with Gasteiger partial charge in [-0.05, 0) is 54.5 Å². The van der Waals surface area contributed by atoms with Crippen LogP contribution in [0.4, 0.5) is 0 Å². The van der Waals surface area contributed by atoms with Crippen molar-refractivity contribution in [1.29, 1.82) is 0 Å². The van der Waals surface area contributed by atoms with E-state index >= 15 is 0 Å². The van der Waals surface area contributed by atoms with Crippen molar-refractivity contribution in [3.05, 3.63) is 84.0 Å². The Kier molecular flexibility index (Phi) is 6.90. The molecule has 0 saturated carbocycles. The third-order valence-electron chi connectivity index (χ3n) is 4.93. The molecule has 0 amide bonds. The van der Waals surface area contributed by atoms with E-state index in [1.807, 2.05) is 18.2 Å². The number of hydrogen-bond donors (Lipinski definition) is 3. The van der Waals surface area contributed by atoms with Gasteiger partial charge in [-0.1, -0.05) is 48.6 Å². The maximum atomic E-state index is 12.5. The molecule has 29 heavy (non-hydrogen) atoms. The minimum atomic E-state index is -1.57. The number of carboxylic acid groups (broad SMARTS) is 1. The lowest BCUT2D eigenvalue weighted by atomic mass is 9.83. The molecule has 2 aromatic carbocycles. The van der Waals surface area contributed by atoms with Gasteiger partial charge in [-0.2, -0.15) is 0 Å². The summed E-state index contributed by atoms with van der Waals surface area (Å²) in [5.41, 5.74) is 14.7. The van der Waals surface area contributed by atoms with Gasteiger partial charge in [-0.25, -0.2) is 4.79 Å². The summed E-state index contributed by atoms with van der Waals surface area (Å²) in [5.74, 6) is -1.27. The molecule has 0 saturated heterocycles. The highest BCUT2D eigenvalue weighted by Gasteiger charge is 2.33. The van der Waals surface area contributed by atoms with Crippen LogP contribution in [0.3, 0.4) is 0 Å². The molecular weight excluding hydrogens is 364 g/mol. The van der Waals surface area contributed by atoms with Gasteiger partial charge in [0.15, 0.2) is 5.78 Å². The second-order valence-electron chi connectivity index (χ2n) is 7.40. The molecule has 5 N–H and O–H groups in total. The largest absolute Gasteiger partial charge is 0.480 e. The molecule has 0 aliphatic carbocycles. The monoisotopic (exact) mass is 392 g/mol. The highest BCUT2D eigenvalue weighted by atomic mass is 16.4. The van der Waals surface area contributed by atoms with Crippen LogP contribution in [0.1, 0.15) is 40.9 Å². The second-order valence-corrected chi connectivity index (χ2v) is 7.40. The van der Waals surface area contributed by atoms with Crippen molar-refractivity contribution in [1.82, 2.24) is 0 Å². The molecule has 2 rings (SSSR count). The van der Waals surface area contributed by atoms with Crippen molar-refractivity contribution < 1.29 is 14.7 Å². The van der Waals surface area contributed by atoms with Gasteiger partial charge in [0.2, 0.25) is 0 Å². The van der Waals surface area contributed by atoms with Crippen LogP contribution >= 0.6 is 0 Å². The van der Waals surface area contributed by atoms with E-state index in [4.69, 9.17) is 11.5 Å². The first-order valence-electron chi connectivity index (χ1n) is 9.44. The first-order valence-corrected chi connectivity index (χ1v) is 9.44. The molecule has 2 unspecified atom stereocenters. The van der Waals surface area contributed by atoms with Crippen LogP contribution in [0.2, 0.25) is 0 Å². The van der Waals surface area contributed by atoms with Gasteiger partial charge >= 0.3 is 5.97 Å². The number of carbonyl (C=O) groups excluding carboxylic acids is 1. The van der Waals surface area contributed by atoms with Gasteiger partial charge in [0, 0.05) is 5.56 Å². The molecule has 5 nitrogen and oxygen atoms in total. The third-order valence-corrected chi connectivity index (χ3v) is 4.93. The van der Waals surface area contributed by atoms with Crippen molar-refractivity contribution >= 4 is 11.8 Å². The Bertz CT molecular complexity index is 959. The zero-order chi connectivity index (χ0) is 21.8. The summed E-state index contributed by atoms with van der Waals surface area (Å²) in [6, 6.07) is 10.3. The van der Waals surface area contributed by atoms with Gasteiger partial charge < -0.3 is 16.6 Å². The van der Waals surface area contributed by atoms with Gasteiger partial charge in [-0.3, -0.25) is 4.79 Å². The maximum absolute atomic E-state index is 12.5. The van der Waals surface area contributed by atoms with Crippen LogP contribution in [0.15, 0.2) is 61.7 Å². The fourth-order valence-electron chi connectivity index (χ4n) is 3.26. The van der Waals surface area contributed by atoms with E-state index in [1.54, 1.807) is 37.3 Å². The molecular formula is C24H28N2O3. The number of nitrogens with two attached hydrogens (primary N) is 2. The number of carboxylic acids is 1. The second kappa shape index (κ2) is 8.99. The Labute approximate surface area is 171 Å². The normalized spacial score (nSPS) is 13.9. The van der Waals surface area contributed by atoms with E-state index in [9.17, 15) is 14.7 Å². The molecule has 0 radical (unpaired) electrons. The van der Waals surface area contributed by atoms with E-state index in [-0.39, 0.29) is 5.78 Å². The van der Waals surface area contributed by atoms with Gasteiger partial charge in [-0.15, -0.1) is 13.2 Å². The molecule has 2 aromatic rings. The minimum Gasteiger partial charge on any atom is -0.480 e. The number of carbonyl (C=O) groups is 2. The number of ketones is 1. The van der Waals surface area contributed by atoms with E-state index in [0.29, 0.717) is 29.5 Å². The van der Waals surface area contributed by atoms with Gasteiger partial charge in [0.25, 0.3) is 0 Å². The predicted octanol–water partition coefficient (Wildman–Crippen LogP) is 3.60. The van der Waals surface area contributed by atoms with Crippen LogP contribution in [0, 0.1) is 0 Å². The summed E-state index contributed by atoms with van der Waals surface area (Å²) in [5, 5.41) is 9.64. The predicted molar refractivity (Wildman–Crippen MR) is 117 cm³/mol. The summed E-state index contributed by atoms with van der Waals surface area (Å²) in [6.45, 7) is 10.7. The molecule has 0 aliphatic rings. The first-order chi connectivity index (χ1) is 13.6. The van der Waals surface area contributed by atoms with E-state index in [1.165, 1.54) is 6.92 Å². The Morgan fingerprint density at radius 3 is 2.34 bits per heavy atom. The number of benzene rings is 2. The first kappa shape index (κ1) is 22.3. The van der Waals surface area contributed by atoms with Crippen molar-refractivity contribution in [2.75, 3.05) is 0 Å². The van der Waals surface area contributed by atoms with E-state index < -0.39 is 17.6 Å². The van der Waals surface area contributed by atoms with Gasteiger partial charge in [0.05, 0.1) is 6.04 Å². The number of hydrogen-bond acceptors (Lipinski definition) is 4. The summed E-state index contributed by atoms with van der Waals surface area (Å²) >= 11 is 0. The lowest BCUT2D eigenvalue weighted by molar-refractivity contribution is -0.143. The number of Topliss-reactive ketones (excluding diaryl/α,β-unsaturated/α-hetero) is 1. The van der Waals surface area contributed by atoms with Crippen LogP contribution < -0.4 is 11.5 Å². The fraction of sp³-hybridized carbons (Fsp3) is 0.250. The number of aliphatic carboxylic acids is 1. The summed E-state index contributed by atoms with van der Waals surface area (Å²) in [4.78, 5) is 24.3. The lowest BCUT2D eigenvalue weighted by Gasteiger charge is -2.24. The van der Waals surface area contributed by atoms with Crippen LogP contribution in [-0.2, 0) is 23.2 Å². The van der Waals surface area contributed by atoms with Gasteiger partial charge in [0.1, 0.15) is 5.54 Å². The van der Waals surface area contributed by atoms with Crippen molar-refractivity contribution in [2.24, 2.45) is 11.5 Å². The molecule has 0 fully saturated rings. The van der Waals surface area contributed by atoms with E-state index in [0.717, 1.165) is 16.7 Å². The van der Waals surface area contributed by atoms with Crippen molar-refractivity contribution in [2.45, 2.75) is 38.3 Å². The number of allylic oxidation sites excluding steroid dienone is 2. The van der Waals surface area contributed by atoms with Crippen LogP contribution in [-0.4, -0.2) is 22.9 Å². The van der Waals surface area contributed by atoms with Crippen LogP contribution in [0.5, 0.6) is 0 Å². The molecule has 2 atom stereocenters. The fourth-order valence-corrected chi connectivity index (χ4v) is 3.26. The average Bonchev–Trinajstić information content (AvgIpc) is 2.67. The number of rotatable bonds is 9. The Morgan fingerprint density at radius 1 is 1.14 bits per heavy atom. The SMILES string of the molecule is C=CCc1ccc(C(C)(N)C(=O)O)c(-c2ccc(C(=O)C(C)N)c(CC=C)c2)c1. The quantitative estimate of drug-likeness (QED) is 0.446. The zero-order valence-corrected chi connectivity index (χ0v) is 16.9. The van der Waals surface area contributed by atoms with Crippen molar-refractivity contribution in [3.63, 3.8) is 0 Å². The molecule has 0 aromatic heterocycles. The summed E-state index contributed by atoms with van der Waals surface area (Å²) in [6.07, 6.45) is 4.63. The molecule has 152 valence electrons. The Hall–Kier alpha value is -3.02. The molecule has 0 spiro atoms. The summed E-state index contributed by atoms with van der Waals surface area (Å²) < 4.78 is 0. The topological polar surface area (TPSA) is 106 Å². The Balaban J connectivity index is 2.74.